The molecule has 0 saturated carbocycles. The number of nitrogens with zero attached hydrogens (tertiary/aromatic N) is 5. The van der Waals surface area contributed by atoms with E-state index in [1.54, 1.807) is 0 Å². The quantitative estimate of drug-likeness (QED) is 0.833. The number of nitrogens with one attached hydrogen (secondary N) is 1. The Morgan fingerprint density at radius 2 is 1.71 bits per heavy atom. The van der Waals surface area contributed by atoms with Gasteiger partial charge in [-0.2, -0.15) is 15.0 Å². The van der Waals surface area contributed by atoms with Crippen LogP contribution in [0.25, 0.3) is 0 Å². The van der Waals surface area contributed by atoms with Crippen molar-refractivity contribution in [3.63, 3.8) is 0 Å². The summed E-state index contributed by atoms with van der Waals surface area (Å²) in [5, 5.41) is 3.02. The fraction of sp³-hybridized carbons (Fsp3) is 0.769. The van der Waals surface area contributed by atoms with Gasteiger partial charge in [0.2, 0.25) is 17.8 Å². The molecule has 0 amide bonds. The summed E-state index contributed by atoms with van der Waals surface area (Å²) < 4.78 is 10.9. The highest BCUT2D eigenvalue weighted by molar-refractivity contribution is 5.46. The maximum absolute atomic E-state index is 5.48. The highest BCUT2D eigenvalue weighted by Crippen LogP contribution is 2.20. The zero-order valence-electron chi connectivity index (χ0n) is 12.6. The Kier molecular flexibility index (Phi) is 4.35. The second kappa shape index (κ2) is 6.40. The molecule has 1 aromatic rings. The van der Waals surface area contributed by atoms with Crippen molar-refractivity contribution >= 4 is 17.8 Å². The number of morpholine rings is 2. The van der Waals surface area contributed by atoms with E-state index in [2.05, 4.69) is 37.0 Å². The number of rotatable bonds is 3. The molecule has 0 bridgehead atoms. The van der Waals surface area contributed by atoms with Crippen LogP contribution in [0.5, 0.6) is 0 Å². The Labute approximate surface area is 124 Å². The van der Waals surface area contributed by atoms with Gasteiger partial charge in [0.1, 0.15) is 0 Å². The van der Waals surface area contributed by atoms with Crippen molar-refractivity contribution in [1.29, 1.82) is 0 Å². The monoisotopic (exact) mass is 294 g/mol. The summed E-state index contributed by atoms with van der Waals surface area (Å²) in [5.74, 6) is 2.03. The summed E-state index contributed by atoms with van der Waals surface area (Å²) in [6.07, 6.45) is 0. The van der Waals surface area contributed by atoms with Crippen molar-refractivity contribution < 1.29 is 9.47 Å². The lowest BCUT2D eigenvalue weighted by Gasteiger charge is -2.34. The Morgan fingerprint density at radius 1 is 1.00 bits per heavy atom. The minimum absolute atomic E-state index is 0.267. The zero-order valence-corrected chi connectivity index (χ0v) is 12.6. The van der Waals surface area contributed by atoms with Crippen LogP contribution in [0, 0.1) is 0 Å². The molecule has 1 atom stereocenters. The van der Waals surface area contributed by atoms with Gasteiger partial charge in [0.15, 0.2) is 0 Å². The number of hydrogen-bond donors (Lipinski definition) is 1. The molecule has 2 aliphatic rings. The average Bonchev–Trinajstić information content (AvgIpc) is 2.55. The van der Waals surface area contributed by atoms with Crippen LogP contribution in [0.2, 0.25) is 0 Å². The van der Waals surface area contributed by atoms with Crippen molar-refractivity contribution in [2.75, 3.05) is 68.2 Å². The van der Waals surface area contributed by atoms with Crippen LogP contribution in [0.1, 0.15) is 6.92 Å². The summed E-state index contributed by atoms with van der Waals surface area (Å²) in [7, 11) is 1.82. The fourth-order valence-corrected chi connectivity index (χ4v) is 2.52. The van der Waals surface area contributed by atoms with Crippen molar-refractivity contribution in [2.45, 2.75) is 13.0 Å². The molecule has 3 heterocycles. The number of anilines is 3. The lowest BCUT2D eigenvalue weighted by Crippen LogP contribution is -2.45. The summed E-state index contributed by atoms with van der Waals surface area (Å²) >= 11 is 0. The molecule has 2 aliphatic heterocycles. The van der Waals surface area contributed by atoms with E-state index >= 15 is 0 Å². The standard InChI is InChI=1S/C13H22N6O2/c1-10-9-21-8-5-19(10)13-16-11(14-2)15-12(17-13)18-3-6-20-7-4-18/h10H,3-9H2,1-2H3,(H,14,15,16,17). The van der Waals surface area contributed by atoms with E-state index in [9.17, 15) is 0 Å². The van der Waals surface area contributed by atoms with Gasteiger partial charge >= 0.3 is 0 Å². The highest BCUT2D eigenvalue weighted by atomic mass is 16.5. The topological polar surface area (TPSA) is 75.6 Å². The zero-order chi connectivity index (χ0) is 14.7. The van der Waals surface area contributed by atoms with E-state index in [1.807, 2.05) is 7.05 Å². The van der Waals surface area contributed by atoms with Gasteiger partial charge in [-0.25, -0.2) is 0 Å². The van der Waals surface area contributed by atoms with Crippen molar-refractivity contribution in [3.05, 3.63) is 0 Å². The van der Waals surface area contributed by atoms with E-state index in [4.69, 9.17) is 9.47 Å². The predicted molar refractivity (Wildman–Crippen MR) is 80.0 cm³/mol. The number of ether oxygens (including phenoxy) is 2. The SMILES string of the molecule is CNc1nc(N2CCOCC2)nc(N2CCOCC2C)n1. The van der Waals surface area contributed by atoms with Gasteiger partial charge in [0.25, 0.3) is 0 Å². The molecule has 3 rings (SSSR count). The Morgan fingerprint density at radius 3 is 2.43 bits per heavy atom. The largest absolute Gasteiger partial charge is 0.378 e. The molecule has 1 N–H and O–H groups in total. The molecule has 1 unspecified atom stereocenters. The van der Waals surface area contributed by atoms with Crippen LogP contribution in [0.15, 0.2) is 0 Å². The summed E-state index contributed by atoms with van der Waals surface area (Å²) in [4.78, 5) is 17.9. The van der Waals surface area contributed by atoms with Gasteiger partial charge in [-0.15, -0.1) is 0 Å². The van der Waals surface area contributed by atoms with Crippen LogP contribution < -0.4 is 15.1 Å². The van der Waals surface area contributed by atoms with Crippen LogP contribution in [-0.4, -0.2) is 74.1 Å². The summed E-state index contributed by atoms with van der Waals surface area (Å²) in [5.41, 5.74) is 0. The smallest absolute Gasteiger partial charge is 0.232 e. The van der Waals surface area contributed by atoms with E-state index in [-0.39, 0.29) is 6.04 Å². The van der Waals surface area contributed by atoms with E-state index in [0.717, 1.165) is 19.6 Å². The Hall–Kier alpha value is -1.67. The second-order valence-corrected chi connectivity index (χ2v) is 5.23. The van der Waals surface area contributed by atoms with Crippen LogP contribution in [0.3, 0.4) is 0 Å². The maximum atomic E-state index is 5.48. The molecular weight excluding hydrogens is 272 g/mol. The minimum atomic E-state index is 0.267. The van der Waals surface area contributed by atoms with Crippen LogP contribution in [-0.2, 0) is 9.47 Å². The summed E-state index contributed by atoms with van der Waals surface area (Å²) in [6, 6.07) is 0.267. The molecule has 116 valence electrons. The van der Waals surface area contributed by atoms with Crippen molar-refractivity contribution in [1.82, 2.24) is 15.0 Å². The first kappa shape index (κ1) is 14.3. The second-order valence-electron chi connectivity index (χ2n) is 5.23. The number of hydrogen-bond acceptors (Lipinski definition) is 8. The van der Waals surface area contributed by atoms with Crippen LogP contribution >= 0.6 is 0 Å². The normalized spacial score (nSPS) is 23.2. The fourth-order valence-electron chi connectivity index (χ4n) is 2.52. The third-order valence-electron chi connectivity index (χ3n) is 3.75. The van der Waals surface area contributed by atoms with Gasteiger partial charge < -0.3 is 24.6 Å². The first-order valence-corrected chi connectivity index (χ1v) is 7.39. The summed E-state index contributed by atoms with van der Waals surface area (Å²) in [6.45, 7) is 7.38. The minimum Gasteiger partial charge on any atom is -0.378 e. The van der Waals surface area contributed by atoms with E-state index in [1.165, 1.54) is 0 Å². The number of aromatic nitrogens is 3. The molecule has 0 aromatic carbocycles. The van der Waals surface area contributed by atoms with Gasteiger partial charge in [-0.3, -0.25) is 0 Å². The molecule has 2 fully saturated rings. The lowest BCUT2D eigenvalue weighted by molar-refractivity contribution is 0.0980. The predicted octanol–water partition coefficient (Wildman–Crippen LogP) is -0.0250. The van der Waals surface area contributed by atoms with Crippen LogP contribution in [0.4, 0.5) is 17.8 Å². The molecule has 8 heteroatoms. The highest BCUT2D eigenvalue weighted by Gasteiger charge is 2.24. The molecule has 21 heavy (non-hydrogen) atoms. The van der Waals surface area contributed by atoms with Gasteiger partial charge in [0, 0.05) is 26.7 Å². The Bertz CT molecular complexity index is 480. The molecule has 0 aliphatic carbocycles. The lowest BCUT2D eigenvalue weighted by atomic mass is 10.3. The third kappa shape index (κ3) is 3.16. The molecule has 1 aromatic heterocycles. The Balaban J connectivity index is 1.88. The third-order valence-corrected chi connectivity index (χ3v) is 3.75. The molecule has 0 spiro atoms. The van der Waals surface area contributed by atoms with E-state index < -0.39 is 0 Å². The molecule has 0 radical (unpaired) electrons. The molecule has 2 saturated heterocycles. The van der Waals surface area contributed by atoms with Crippen molar-refractivity contribution in [2.24, 2.45) is 0 Å². The van der Waals surface area contributed by atoms with Gasteiger partial charge in [0.05, 0.1) is 32.5 Å². The molecular formula is C13H22N6O2. The maximum Gasteiger partial charge on any atom is 0.232 e. The van der Waals surface area contributed by atoms with E-state index in [0.29, 0.717) is 44.3 Å². The first-order chi connectivity index (χ1) is 10.3. The first-order valence-electron chi connectivity index (χ1n) is 7.39. The molecule has 8 nitrogen and oxygen atoms in total. The van der Waals surface area contributed by atoms with Crippen molar-refractivity contribution in [3.8, 4) is 0 Å². The average molecular weight is 294 g/mol. The van der Waals surface area contributed by atoms with Gasteiger partial charge in [-0.1, -0.05) is 0 Å². The van der Waals surface area contributed by atoms with Gasteiger partial charge in [-0.05, 0) is 6.92 Å².